The van der Waals surface area contributed by atoms with Crippen LogP contribution in [0.4, 0.5) is 19.1 Å². The number of rotatable bonds is 5. The Labute approximate surface area is 204 Å². The number of alkyl halides is 2. The lowest BCUT2D eigenvalue weighted by molar-refractivity contribution is 0.0245. The monoisotopic (exact) mass is 493 g/mol. The lowest BCUT2D eigenvalue weighted by atomic mass is 10.1. The fourth-order valence-electron chi connectivity index (χ4n) is 4.17. The maximum atomic E-state index is 15.3. The van der Waals surface area contributed by atoms with E-state index in [4.69, 9.17) is 5.73 Å². The molecule has 9 nitrogen and oxygen atoms in total. The highest BCUT2D eigenvalue weighted by Gasteiger charge is 2.43. The largest absolute Gasteiger partial charge is 0.404 e. The van der Waals surface area contributed by atoms with Crippen LogP contribution in [-0.4, -0.2) is 42.2 Å². The molecule has 1 aromatic carbocycles. The Hall–Kier alpha value is -4.48. The number of nitrogens with one attached hydrogen (secondary N) is 1. The smallest absolute Gasteiger partial charge is 0.334 e. The van der Waals surface area contributed by atoms with Gasteiger partial charge in [0, 0.05) is 38.1 Å². The Morgan fingerprint density at radius 1 is 1.22 bits per heavy atom. The predicted molar refractivity (Wildman–Crippen MR) is 129 cm³/mol. The number of aromatic nitrogens is 6. The molecule has 12 heteroatoms. The van der Waals surface area contributed by atoms with Gasteiger partial charge in [-0.1, -0.05) is 12.1 Å². The summed E-state index contributed by atoms with van der Waals surface area (Å²) in [6.45, 7) is 2.49. The van der Waals surface area contributed by atoms with Crippen LogP contribution >= 0.6 is 0 Å². The van der Waals surface area contributed by atoms with Gasteiger partial charge in [0.2, 0.25) is 11.8 Å². The molecule has 0 amide bonds. The van der Waals surface area contributed by atoms with Crippen LogP contribution in [-0.2, 0) is 19.0 Å². The molecule has 0 aliphatic carbocycles. The first-order valence-corrected chi connectivity index (χ1v) is 11.1. The van der Waals surface area contributed by atoms with Crippen LogP contribution in [0.25, 0.3) is 22.8 Å². The first kappa shape index (κ1) is 23.3. The quantitative estimate of drug-likeness (QED) is 0.324. The number of amidine groups is 1. The average Bonchev–Trinajstić information content (AvgIpc) is 3.49. The first-order valence-electron chi connectivity index (χ1n) is 11.1. The number of aryl methyl sites for hydroxylation is 2. The highest BCUT2D eigenvalue weighted by molar-refractivity contribution is 6.02. The molecule has 0 saturated carbocycles. The Morgan fingerprint density at radius 2 is 2.03 bits per heavy atom. The summed E-state index contributed by atoms with van der Waals surface area (Å²) in [6.07, 6.45) is 6.50. The zero-order valence-electron chi connectivity index (χ0n) is 19.5. The number of halogens is 3. The summed E-state index contributed by atoms with van der Waals surface area (Å²) in [7, 11) is 1.61. The molecule has 0 bridgehead atoms. The van der Waals surface area contributed by atoms with Gasteiger partial charge in [0.05, 0.1) is 17.0 Å². The Kier molecular flexibility index (Phi) is 5.78. The van der Waals surface area contributed by atoms with Crippen molar-refractivity contribution in [2.24, 2.45) is 10.7 Å². The van der Waals surface area contributed by atoms with Gasteiger partial charge in [0.25, 0.3) is 0 Å². The minimum Gasteiger partial charge on any atom is -0.404 e. The molecule has 3 aromatic heterocycles. The molecule has 1 aliphatic heterocycles. The Balaban J connectivity index is 1.52. The molecule has 5 rings (SSSR count). The van der Waals surface area contributed by atoms with Crippen LogP contribution in [0.1, 0.15) is 17.0 Å². The van der Waals surface area contributed by atoms with Crippen molar-refractivity contribution in [1.29, 1.82) is 0 Å². The lowest BCUT2D eigenvalue weighted by Gasteiger charge is -2.22. The van der Waals surface area contributed by atoms with Gasteiger partial charge in [-0.2, -0.15) is 8.78 Å². The fraction of sp³-hybridized carbons (Fsp3) is 0.208. The van der Waals surface area contributed by atoms with Crippen molar-refractivity contribution >= 4 is 11.8 Å². The summed E-state index contributed by atoms with van der Waals surface area (Å²) in [5.41, 5.74) is 7.55. The number of nitrogens with zero attached hydrogens (tertiary/aromatic N) is 7. The van der Waals surface area contributed by atoms with Crippen LogP contribution in [0.2, 0.25) is 0 Å². The number of hydrogen-bond donors (Lipinski definition) is 2. The van der Waals surface area contributed by atoms with Gasteiger partial charge in [-0.05, 0) is 43.0 Å². The van der Waals surface area contributed by atoms with Crippen molar-refractivity contribution in [3.05, 3.63) is 77.8 Å². The number of nitrogens with two attached hydrogens (primary N) is 1. The van der Waals surface area contributed by atoms with E-state index in [0.717, 1.165) is 23.3 Å². The van der Waals surface area contributed by atoms with Gasteiger partial charge >= 0.3 is 5.92 Å². The summed E-state index contributed by atoms with van der Waals surface area (Å²) >= 11 is 0. The number of benzene rings is 1. The molecular weight excluding hydrogens is 471 g/mol. The van der Waals surface area contributed by atoms with E-state index in [1.807, 2.05) is 23.8 Å². The maximum absolute atomic E-state index is 15.3. The zero-order chi connectivity index (χ0) is 25.4. The second-order valence-electron chi connectivity index (χ2n) is 8.18. The van der Waals surface area contributed by atoms with Gasteiger partial charge in [0.1, 0.15) is 11.7 Å². The summed E-state index contributed by atoms with van der Waals surface area (Å²) in [4.78, 5) is 13.0. The highest BCUT2D eigenvalue weighted by Crippen LogP contribution is 2.39. The van der Waals surface area contributed by atoms with E-state index in [1.54, 1.807) is 19.3 Å². The van der Waals surface area contributed by atoms with Crippen LogP contribution in [0.3, 0.4) is 0 Å². The molecule has 36 heavy (non-hydrogen) atoms. The maximum Gasteiger partial charge on any atom is 0.334 e. The van der Waals surface area contributed by atoms with Crippen molar-refractivity contribution in [2.45, 2.75) is 25.9 Å². The minimum atomic E-state index is -3.64. The molecule has 184 valence electrons. The molecule has 4 aromatic rings. The van der Waals surface area contributed by atoms with Gasteiger partial charge in [-0.3, -0.25) is 4.99 Å². The third-order valence-electron chi connectivity index (χ3n) is 5.91. The van der Waals surface area contributed by atoms with E-state index in [1.165, 1.54) is 22.9 Å². The van der Waals surface area contributed by atoms with Crippen LogP contribution < -0.4 is 11.1 Å². The second kappa shape index (κ2) is 8.95. The summed E-state index contributed by atoms with van der Waals surface area (Å²) in [5, 5.41) is 10.8. The number of anilines is 1. The van der Waals surface area contributed by atoms with Crippen molar-refractivity contribution in [1.82, 2.24) is 29.3 Å². The van der Waals surface area contributed by atoms with Gasteiger partial charge in [-0.25, -0.2) is 14.4 Å². The fourth-order valence-corrected chi connectivity index (χ4v) is 4.17. The number of hydrogen-bond acceptors (Lipinski definition) is 6. The van der Waals surface area contributed by atoms with Gasteiger partial charge < -0.3 is 20.2 Å². The van der Waals surface area contributed by atoms with Crippen LogP contribution in [0.5, 0.6) is 0 Å². The predicted octanol–water partition coefficient (Wildman–Crippen LogP) is 3.72. The third-order valence-corrected chi connectivity index (χ3v) is 5.91. The average molecular weight is 493 g/mol. The van der Waals surface area contributed by atoms with Crippen molar-refractivity contribution in [3.8, 4) is 22.8 Å². The zero-order valence-corrected chi connectivity index (χ0v) is 19.5. The van der Waals surface area contributed by atoms with E-state index in [2.05, 4.69) is 30.5 Å². The number of aliphatic imine (C=N–C) groups is 1. The summed E-state index contributed by atoms with van der Waals surface area (Å²) in [6, 6.07) is 6.61. The van der Waals surface area contributed by atoms with Crippen LogP contribution in [0.15, 0.2) is 60.0 Å². The molecule has 0 unspecified atom stereocenters. The SMILES string of the molecule is CN=C(C=CN)Nc1ncc(C)c(-c2cc3n(c2)CCn2c-3nnc2C(F)(F)c2ccccc2F)n1. The van der Waals surface area contributed by atoms with Crippen molar-refractivity contribution in [3.63, 3.8) is 0 Å². The topological polar surface area (TPSA) is 112 Å². The molecule has 0 radical (unpaired) electrons. The Morgan fingerprint density at radius 3 is 2.78 bits per heavy atom. The molecule has 3 N–H and O–H groups in total. The molecule has 0 saturated heterocycles. The van der Waals surface area contributed by atoms with Crippen LogP contribution in [0, 0.1) is 12.7 Å². The van der Waals surface area contributed by atoms with E-state index in [9.17, 15) is 4.39 Å². The van der Waals surface area contributed by atoms with Crippen molar-refractivity contribution < 1.29 is 13.2 Å². The molecule has 1 aliphatic rings. The minimum absolute atomic E-state index is 0.208. The first-order chi connectivity index (χ1) is 17.3. The molecular formula is C24H22F3N9. The van der Waals surface area contributed by atoms with Crippen molar-refractivity contribution in [2.75, 3.05) is 12.4 Å². The van der Waals surface area contributed by atoms with E-state index >= 15 is 8.78 Å². The van der Waals surface area contributed by atoms with E-state index in [0.29, 0.717) is 29.7 Å². The number of fused-ring (bicyclic) bond motifs is 3. The molecule has 0 atom stereocenters. The van der Waals surface area contributed by atoms with E-state index in [-0.39, 0.29) is 12.4 Å². The molecule has 4 heterocycles. The summed E-state index contributed by atoms with van der Waals surface area (Å²) in [5.74, 6) is -4.15. The standard InChI is InChI=1S/C24H22F3N9/c1-14-12-30-23(31-19(29-2)7-8-28)32-20(14)15-11-18-21-33-34-22(36(21)10-9-35(18)13-15)24(26,27)16-5-3-4-6-17(16)25/h3-8,11-13H,9-10,28H2,1-2H3,(H,29,30,31,32). The van der Waals surface area contributed by atoms with Gasteiger partial charge in [0.15, 0.2) is 5.82 Å². The van der Waals surface area contributed by atoms with Gasteiger partial charge in [-0.15, -0.1) is 10.2 Å². The Bertz CT molecular complexity index is 1500. The molecule has 0 spiro atoms. The summed E-state index contributed by atoms with van der Waals surface area (Å²) < 4.78 is 48.0. The third kappa shape index (κ3) is 3.89. The normalized spacial score (nSPS) is 13.6. The molecule has 0 fully saturated rings. The second-order valence-corrected chi connectivity index (χ2v) is 8.18. The van der Waals surface area contributed by atoms with E-state index < -0.39 is 23.1 Å². The highest BCUT2D eigenvalue weighted by atomic mass is 19.3. The lowest BCUT2D eigenvalue weighted by Crippen LogP contribution is -2.26.